The van der Waals surface area contributed by atoms with Crippen molar-refractivity contribution in [2.24, 2.45) is 29.1 Å². The van der Waals surface area contributed by atoms with Crippen LogP contribution in [0.5, 0.6) is 0 Å². The summed E-state index contributed by atoms with van der Waals surface area (Å²) in [6.45, 7) is 22.1. The standard InChI is InChI=1S/C30H56N2O4/c1-13-26(7)17-22(20(5)28(9,15-3)31(26)11)30(25(35)36,19-24(33)34)23-18-27(8,14-2)32(12)29(10,16-4)21(23)6/h20-23H,13-19H2,1-12H3,(H,33,34)(H,35,36). The van der Waals surface area contributed by atoms with E-state index in [1.807, 2.05) is 0 Å². The number of piperidine rings is 2. The first-order valence-electron chi connectivity index (χ1n) is 14.3. The van der Waals surface area contributed by atoms with Crippen molar-refractivity contribution in [3.05, 3.63) is 0 Å². The summed E-state index contributed by atoms with van der Waals surface area (Å²) in [5.74, 6) is -2.32. The Morgan fingerprint density at radius 1 is 0.750 bits per heavy atom. The molecular formula is C30H56N2O4. The minimum absolute atomic E-state index is 0.0372. The van der Waals surface area contributed by atoms with Gasteiger partial charge in [0.15, 0.2) is 0 Å². The Morgan fingerprint density at radius 3 is 1.31 bits per heavy atom. The Labute approximate surface area is 221 Å². The number of likely N-dealkylation sites (tertiary alicyclic amines) is 2. The lowest BCUT2D eigenvalue weighted by atomic mass is 9.46. The lowest BCUT2D eigenvalue weighted by Gasteiger charge is -2.66. The van der Waals surface area contributed by atoms with Crippen LogP contribution < -0.4 is 0 Å². The average Bonchev–Trinajstić information content (AvgIpc) is 2.84. The van der Waals surface area contributed by atoms with Crippen LogP contribution >= 0.6 is 0 Å². The number of carbonyl (C=O) groups is 2. The molecule has 2 heterocycles. The molecule has 2 aliphatic heterocycles. The molecule has 36 heavy (non-hydrogen) atoms. The van der Waals surface area contributed by atoms with Crippen LogP contribution in [0, 0.1) is 29.1 Å². The quantitative estimate of drug-likeness (QED) is 0.376. The summed E-state index contributed by atoms with van der Waals surface area (Å²) in [4.78, 5) is 31.2. The van der Waals surface area contributed by atoms with Crippen molar-refractivity contribution >= 4 is 11.9 Å². The van der Waals surface area contributed by atoms with Gasteiger partial charge in [0.2, 0.25) is 0 Å². The Morgan fingerprint density at radius 2 is 1.08 bits per heavy atom. The lowest BCUT2D eigenvalue weighted by Crippen LogP contribution is -2.72. The molecule has 2 fully saturated rings. The molecule has 6 heteroatoms. The first-order valence-corrected chi connectivity index (χ1v) is 14.3. The van der Waals surface area contributed by atoms with Crippen molar-refractivity contribution in [1.29, 1.82) is 0 Å². The highest BCUT2D eigenvalue weighted by Crippen LogP contribution is 2.62. The zero-order valence-electron chi connectivity index (χ0n) is 25.4. The third-order valence-corrected chi connectivity index (χ3v) is 12.8. The number of hydrogen-bond acceptors (Lipinski definition) is 4. The van der Waals surface area contributed by atoms with Gasteiger partial charge in [-0.05, 0) is 104 Å². The van der Waals surface area contributed by atoms with Gasteiger partial charge >= 0.3 is 11.9 Å². The summed E-state index contributed by atoms with van der Waals surface area (Å²) in [5, 5.41) is 21.5. The molecule has 210 valence electrons. The highest BCUT2D eigenvalue weighted by Gasteiger charge is 2.66. The third kappa shape index (κ3) is 4.32. The van der Waals surface area contributed by atoms with Crippen LogP contribution in [0.4, 0.5) is 0 Å². The zero-order valence-corrected chi connectivity index (χ0v) is 25.4. The molecule has 8 atom stereocenters. The Balaban J connectivity index is 2.91. The summed E-state index contributed by atoms with van der Waals surface area (Å²) in [7, 11) is 4.36. The van der Waals surface area contributed by atoms with Crippen LogP contribution in [-0.4, -0.2) is 68.2 Å². The minimum Gasteiger partial charge on any atom is -0.481 e. The van der Waals surface area contributed by atoms with E-state index < -0.39 is 17.4 Å². The predicted molar refractivity (Wildman–Crippen MR) is 147 cm³/mol. The zero-order chi connectivity index (χ0) is 28.1. The molecule has 2 saturated heterocycles. The summed E-state index contributed by atoms with van der Waals surface area (Å²) in [6.07, 6.45) is 4.64. The molecular weight excluding hydrogens is 452 g/mol. The smallest absolute Gasteiger partial charge is 0.310 e. The van der Waals surface area contributed by atoms with E-state index in [1.54, 1.807) is 0 Å². The van der Waals surface area contributed by atoms with Gasteiger partial charge in [-0.15, -0.1) is 0 Å². The lowest BCUT2D eigenvalue weighted by molar-refractivity contribution is -0.204. The van der Waals surface area contributed by atoms with Crippen LogP contribution in [0.15, 0.2) is 0 Å². The number of carboxylic acids is 2. The highest BCUT2D eigenvalue weighted by molar-refractivity contribution is 5.82. The summed E-state index contributed by atoms with van der Waals surface area (Å²) in [5.41, 5.74) is -2.17. The fraction of sp³-hybridized carbons (Fsp3) is 0.933. The summed E-state index contributed by atoms with van der Waals surface area (Å²) >= 11 is 0. The molecule has 2 N–H and O–H groups in total. The fourth-order valence-electron chi connectivity index (χ4n) is 8.60. The van der Waals surface area contributed by atoms with E-state index in [4.69, 9.17) is 0 Å². The van der Waals surface area contributed by atoms with E-state index in [1.165, 1.54) is 0 Å². The van der Waals surface area contributed by atoms with E-state index in [0.29, 0.717) is 12.8 Å². The fourth-order valence-corrected chi connectivity index (χ4v) is 8.60. The van der Waals surface area contributed by atoms with Gasteiger partial charge < -0.3 is 10.2 Å². The molecule has 0 bridgehead atoms. The maximum absolute atomic E-state index is 13.7. The van der Waals surface area contributed by atoms with E-state index in [9.17, 15) is 19.8 Å². The van der Waals surface area contributed by atoms with Gasteiger partial charge in [0.25, 0.3) is 0 Å². The molecule has 0 spiro atoms. The van der Waals surface area contributed by atoms with Crippen molar-refractivity contribution in [3.8, 4) is 0 Å². The second-order valence-corrected chi connectivity index (χ2v) is 13.4. The van der Waals surface area contributed by atoms with Crippen LogP contribution in [0.2, 0.25) is 0 Å². The molecule has 0 aromatic carbocycles. The van der Waals surface area contributed by atoms with Gasteiger partial charge in [0.1, 0.15) is 0 Å². The van der Waals surface area contributed by atoms with E-state index in [2.05, 4.69) is 93.1 Å². The molecule has 0 aromatic rings. The first kappa shape index (κ1) is 31.1. The molecule has 2 rings (SSSR count). The summed E-state index contributed by atoms with van der Waals surface area (Å²) in [6, 6.07) is 0. The average molecular weight is 509 g/mol. The molecule has 0 radical (unpaired) electrons. The van der Waals surface area contributed by atoms with Gasteiger partial charge in [-0.2, -0.15) is 0 Å². The topological polar surface area (TPSA) is 81.1 Å². The Bertz CT molecular complexity index is 782. The number of nitrogens with zero attached hydrogens (tertiary/aromatic N) is 2. The van der Waals surface area contributed by atoms with Crippen molar-refractivity contribution in [2.45, 2.75) is 136 Å². The van der Waals surface area contributed by atoms with Gasteiger partial charge in [-0.1, -0.05) is 41.5 Å². The van der Waals surface area contributed by atoms with Crippen molar-refractivity contribution in [2.75, 3.05) is 14.1 Å². The Kier molecular flexibility index (Phi) is 8.81. The molecule has 2 aliphatic rings. The molecule has 0 aromatic heterocycles. The minimum atomic E-state index is -1.34. The van der Waals surface area contributed by atoms with Gasteiger partial charge in [-0.3, -0.25) is 19.4 Å². The number of aliphatic carboxylic acids is 2. The van der Waals surface area contributed by atoms with Crippen molar-refractivity contribution < 1.29 is 19.8 Å². The SMILES string of the molecule is CCC1(C)CC(C(CC(=O)O)(C(=O)O)C2CC(C)(CC)N(C)C(C)(CC)C2C)C(C)C(C)(CC)N1C. The van der Waals surface area contributed by atoms with Crippen LogP contribution in [0.1, 0.15) is 114 Å². The molecule has 0 amide bonds. The third-order valence-electron chi connectivity index (χ3n) is 12.8. The highest BCUT2D eigenvalue weighted by atomic mass is 16.4. The summed E-state index contributed by atoms with van der Waals surface area (Å²) < 4.78 is 0. The molecule has 0 aliphatic carbocycles. The van der Waals surface area contributed by atoms with Gasteiger partial charge in [0, 0.05) is 22.2 Å². The van der Waals surface area contributed by atoms with Gasteiger partial charge in [-0.25, -0.2) is 0 Å². The maximum Gasteiger partial charge on any atom is 0.310 e. The molecule has 0 saturated carbocycles. The molecule has 8 unspecified atom stereocenters. The predicted octanol–water partition coefficient (Wildman–Crippen LogP) is 6.38. The monoisotopic (exact) mass is 508 g/mol. The normalized spacial score (nSPS) is 44.2. The first-order chi connectivity index (χ1) is 16.4. The van der Waals surface area contributed by atoms with Crippen LogP contribution in [-0.2, 0) is 9.59 Å². The van der Waals surface area contributed by atoms with Crippen LogP contribution in [0.3, 0.4) is 0 Å². The largest absolute Gasteiger partial charge is 0.481 e. The van der Waals surface area contributed by atoms with E-state index in [0.717, 1.165) is 25.7 Å². The van der Waals surface area contributed by atoms with Gasteiger partial charge in [0.05, 0.1) is 11.8 Å². The second-order valence-electron chi connectivity index (χ2n) is 13.4. The molecule has 6 nitrogen and oxygen atoms in total. The van der Waals surface area contributed by atoms with Crippen molar-refractivity contribution in [3.63, 3.8) is 0 Å². The Hall–Kier alpha value is -1.14. The van der Waals surface area contributed by atoms with Crippen molar-refractivity contribution in [1.82, 2.24) is 9.80 Å². The second kappa shape index (κ2) is 10.2. The number of carboxylic acid groups (broad SMARTS) is 2. The van der Waals surface area contributed by atoms with Crippen LogP contribution in [0.25, 0.3) is 0 Å². The van der Waals surface area contributed by atoms with E-state index in [-0.39, 0.29) is 52.2 Å². The number of rotatable bonds is 9. The maximum atomic E-state index is 13.7. The van der Waals surface area contributed by atoms with E-state index >= 15 is 0 Å². The number of hydrogen-bond donors (Lipinski definition) is 2.